The van der Waals surface area contributed by atoms with E-state index in [-0.39, 0.29) is 17.4 Å². The number of nitrogens with one attached hydrogen (secondary N) is 1. The molecule has 1 fully saturated rings. The molecule has 204 valence electrons. The highest BCUT2D eigenvalue weighted by molar-refractivity contribution is 7.85. The Morgan fingerprint density at radius 1 is 0.950 bits per heavy atom. The fraction of sp³-hybridized carbons (Fsp3) is 0.258. The second kappa shape index (κ2) is 10.5. The van der Waals surface area contributed by atoms with Crippen LogP contribution >= 0.6 is 0 Å². The first-order valence-corrected chi connectivity index (χ1v) is 14.6. The number of carbonyl (C=O) groups is 1. The van der Waals surface area contributed by atoms with Gasteiger partial charge in [-0.1, -0.05) is 48.0 Å². The van der Waals surface area contributed by atoms with Gasteiger partial charge < -0.3 is 10.2 Å². The molecule has 6 rings (SSSR count). The molecule has 9 heteroatoms. The Kier molecular flexibility index (Phi) is 6.92. The lowest BCUT2D eigenvalue weighted by Gasteiger charge is -2.41. The zero-order valence-corrected chi connectivity index (χ0v) is 22.8. The number of carbonyl (C=O) groups excluding carboxylic acids is 1. The van der Waals surface area contributed by atoms with Gasteiger partial charge in [-0.3, -0.25) is 9.00 Å². The number of hydrogen-bond donors (Lipinski definition) is 1. The minimum absolute atomic E-state index is 0.0116. The highest BCUT2D eigenvalue weighted by atomic mass is 32.2. The van der Waals surface area contributed by atoms with Crippen LogP contribution in [0, 0.1) is 18.6 Å². The average Bonchev–Trinajstić information content (AvgIpc) is 3.34. The van der Waals surface area contributed by atoms with Crippen LogP contribution in [0.25, 0.3) is 0 Å². The molecule has 0 saturated carbocycles. The van der Waals surface area contributed by atoms with Crippen molar-refractivity contribution < 1.29 is 17.8 Å². The van der Waals surface area contributed by atoms with Gasteiger partial charge in [-0.05, 0) is 55.7 Å². The van der Waals surface area contributed by atoms with Gasteiger partial charge in [0, 0.05) is 36.5 Å². The number of fused-ring (bicyclic) bond motifs is 1. The normalized spacial score (nSPS) is 17.9. The molecule has 4 aromatic rings. The molecule has 40 heavy (non-hydrogen) atoms. The van der Waals surface area contributed by atoms with Crippen molar-refractivity contribution in [2.75, 3.05) is 29.1 Å². The summed E-state index contributed by atoms with van der Waals surface area (Å²) in [6, 6.07) is 19.8. The number of hydrogen-bond acceptors (Lipinski definition) is 6. The Morgan fingerprint density at radius 3 is 2.38 bits per heavy atom. The average molecular weight is 559 g/mol. The van der Waals surface area contributed by atoms with E-state index in [1.807, 2.05) is 36.1 Å². The van der Waals surface area contributed by atoms with E-state index in [0.29, 0.717) is 71.7 Å². The van der Waals surface area contributed by atoms with E-state index in [0.717, 1.165) is 11.1 Å². The molecule has 1 saturated heterocycles. The van der Waals surface area contributed by atoms with Crippen molar-refractivity contribution in [2.24, 2.45) is 0 Å². The molecule has 2 aliphatic heterocycles. The van der Waals surface area contributed by atoms with Crippen LogP contribution in [0.15, 0.2) is 77.7 Å². The van der Waals surface area contributed by atoms with Gasteiger partial charge in [0.05, 0.1) is 21.9 Å². The van der Waals surface area contributed by atoms with Crippen LogP contribution in [0.2, 0.25) is 0 Å². The van der Waals surface area contributed by atoms with Gasteiger partial charge >= 0.3 is 0 Å². The zero-order chi connectivity index (χ0) is 27.9. The van der Waals surface area contributed by atoms with E-state index in [9.17, 15) is 17.8 Å². The van der Waals surface area contributed by atoms with Crippen LogP contribution < -0.4 is 10.2 Å². The first-order chi connectivity index (χ1) is 19.3. The van der Waals surface area contributed by atoms with Gasteiger partial charge in [0.25, 0.3) is 0 Å². The van der Waals surface area contributed by atoms with Crippen LogP contribution in [0.5, 0.6) is 0 Å². The molecule has 1 atom stereocenters. The van der Waals surface area contributed by atoms with Gasteiger partial charge in [-0.15, -0.1) is 0 Å². The van der Waals surface area contributed by atoms with Crippen molar-refractivity contribution in [3.8, 4) is 0 Å². The number of halogens is 2. The van der Waals surface area contributed by atoms with Crippen molar-refractivity contribution in [2.45, 2.75) is 36.5 Å². The summed E-state index contributed by atoms with van der Waals surface area (Å²) in [4.78, 5) is 26.1. The number of aryl methyl sites for hydroxylation is 2. The highest BCUT2D eigenvalue weighted by Crippen LogP contribution is 2.40. The van der Waals surface area contributed by atoms with Crippen LogP contribution in [0.4, 0.5) is 26.2 Å². The van der Waals surface area contributed by atoms with Crippen LogP contribution in [-0.2, 0) is 22.6 Å². The maximum Gasteiger partial charge on any atom is 0.227 e. The Balaban J connectivity index is 1.32. The van der Waals surface area contributed by atoms with E-state index in [1.54, 1.807) is 24.3 Å². The molecule has 3 heterocycles. The Hall–Kier alpha value is -3.98. The third kappa shape index (κ3) is 4.90. The Bertz CT molecular complexity index is 1600. The lowest BCUT2D eigenvalue weighted by atomic mass is 9.68. The lowest BCUT2D eigenvalue weighted by Crippen LogP contribution is -2.48. The summed E-state index contributed by atoms with van der Waals surface area (Å²) < 4.78 is 40.4. The summed E-state index contributed by atoms with van der Waals surface area (Å²) in [6.45, 7) is 2.97. The minimum Gasteiger partial charge on any atom is -0.341 e. The molecule has 1 aromatic heterocycles. The molecule has 2 aliphatic rings. The first-order valence-electron chi connectivity index (χ1n) is 13.3. The van der Waals surface area contributed by atoms with Crippen LogP contribution in [0.1, 0.15) is 40.0 Å². The van der Waals surface area contributed by atoms with E-state index in [1.165, 1.54) is 24.3 Å². The molecule has 0 spiro atoms. The van der Waals surface area contributed by atoms with Gasteiger partial charge in [0.1, 0.15) is 16.5 Å². The Labute approximate surface area is 233 Å². The molecule has 0 aliphatic carbocycles. The fourth-order valence-electron chi connectivity index (χ4n) is 5.60. The maximum absolute atomic E-state index is 14.0. The number of aromatic nitrogens is 2. The molecule has 0 bridgehead atoms. The predicted molar refractivity (Wildman–Crippen MR) is 152 cm³/mol. The van der Waals surface area contributed by atoms with E-state index >= 15 is 0 Å². The summed E-state index contributed by atoms with van der Waals surface area (Å²) in [6.07, 6.45) is 1.54. The van der Waals surface area contributed by atoms with Crippen molar-refractivity contribution in [1.82, 2.24) is 9.97 Å². The number of Topliss-reactive ketones (excluding diaryl/α,β-unsaturated/α-hetero) is 1. The van der Waals surface area contributed by atoms with Gasteiger partial charge in [0.15, 0.2) is 11.6 Å². The van der Waals surface area contributed by atoms with Crippen LogP contribution in [0.3, 0.4) is 0 Å². The first kappa shape index (κ1) is 26.3. The van der Waals surface area contributed by atoms with Crippen molar-refractivity contribution in [1.29, 1.82) is 0 Å². The van der Waals surface area contributed by atoms with Gasteiger partial charge in [-0.2, -0.15) is 4.98 Å². The van der Waals surface area contributed by atoms with E-state index < -0.39 is 16.2 Å². The second-order valence-electron chi connectivity index (χ2n) is 10.4. The third-order valence-corrected chi connectivity index (χ3v) is 9.27. The summed E-state index contributed by atoms with van der Waals surface area (Å²) in [5.41, 5.74) is 2.89. The molecule has 6 nitrogen and oxygen atoms in total. The summed E-state index contributed by atoms with van der Waals surface area (Å²) >= 11 is 0. The number of piperidine rings is 1. The van der Waals surface area contributed by atoms with E-state index in [2.05, 4.69) is 5.32 Å². The summed E-state index contributed by atoms with van der Waals surface area (Å²) in [5, 5.41) is 3.15. The third-order valence-electron chi connectivity index (χ3n) is 7.81. The minimum atomic E-state index is -1.25. The highest BCUT2D eigenvalue weighted by Gasteiger charge is 2.44. The topological polar surface area (TPSA) is 75.2 Å². The fourth-order valence-corrected chi connectivity index (χ4v) is 6.90. The largest absolute Gasteiger partial charge is 0.341 e. The standard InChI is InChI=1S/C31H28F2N4O2S/c1-20-5-7-21(8-6-20)28(38)31(22-9-11-23(32)12-10-22)14-16-37(17-15-31)30-35-26-13-18-40(39)27(26)29(36-30)34-25-4-2-3-24(33)19-25/h2-12,19H,13-18H2,1H3,(H,34,35,36). The van der Waals surface area contributed by atoms with Crippen molar-refractivity contribution in [3.05, 3.63) is 107 Å². The summed E-state index contributed by atoms with van der Waals surface area (Å²) in [5.74, 6) is 0.631. The number of nitrogens with zero attached hydrogens (tertiary/aromatic N) is 3. The van der Waals surface area contributed by atoms with Gasteiger partial charge in [0.2, 0.25) is 5.95 Å². The van der Waals surface area contributed by atoms with Crippen molar-refractivity contribution >= 4 is 34.0 Å². The molecule has 1 unspecified atom stereocenters. The molecular weight excluding hydrogens is 530 g/mol. The molecular formula is C31H28F2N4O2S. The number of rotatable bonds is 6. The maximum atomic E-state index is 14.0. The zero-order valence-electron chi connectivity index (χ0n) is 22.0. The molecule has 0 amide bonds. The van der Waals surface area contributed by atoms with Gasteiger partial charge in [-0.25, -0.2) is 13.8 Å². The number of anilines is 3. The van der Waals surface area contributed by atoms with Crippen molar-refractivity contribution in [3.63, 3.8) is 0 Å². The van der Waals surface area contributed by atoms with Crippen LogP contribution in [-0.4, -0.2) is 38.8 Å². The second-order valence-corrected chi connectivity index (χ2v) is 11.9. The van der Waals surface area contributed by atoms with E-state index in [4.69, 9.17) is 9.97 Å². The summed E-state index contributed by atoms with van der Waals surface area (Å²) in [7, 11) is -1.25. The monoisotopic (exact) mass is 558 g/mol. The molecule has 3 aromatic carbocycles. The SMILES string of the molecule is Cc1ccc(C(=O)C2(c3ccc(F)cc3)CCN(c3nc4c(c(Nc5cccc(F)c5)n3)S(=O)CC4)CC2)cc1. The molecule has 1 N–H and O–H groups in total. The number of benzene rings is 3. The smallest absolute Gasteiger partial charge is 0.227 e. The quantitative estimate of drug-likeness (QED) is 0.298. The predicted octanol–water partition coefficient (Wildman–Crippen LogP) is 5.89. The molecule has 0 radical (unpaired) electrons. The lowest BCUT2D eigenvalue weighted by molar-refractivity contribution is 0.0854. The Morgan fingerprint density at radius 2 is 1.68 bits per heavy atom. The number of ketones is 1.